The zero-order chi connectivity index (χ0) is 14.1. The van der Waals surface area contributed by atoms with Gasteiger partial charge in [0.2, 0.25) is 0 Å². The SMILES string of the molecule is OCC[NH+](CCO)C[C@@H](O)COc1ccccc1Cl. The summed E-state index contributed by atoms with van der Waals surface area (Å²) >= 11 is 5.93. The van der Waals surface area contributed by atoms with Gasteiger partial charge in [-0.1, -0.05) is 23.7 Å². The molecule has 0 unspecified atom stereocenters. The molecule has 5 nitrogen and oxygen atoms in total. The molecule has 0 aliphatic heterocycles. The maximum atomic E-state index is 9.87. The lowest BCUT2D eigenvalue weighted by Gasteiger charge is -2.21. The van der Waals surface area contributed by atoms with Gasteiger partial charge < -0.3 is 25.0 Å². The lowest BCUT2D eigenvalue weighted by Crippen LogP contribution is -3.14. The summed E-state index contributed by atoms with van der Waals surface area (Å²) in [6.45, 7) is 1.56. The summed E-state index contributed by atoms with van der Waals surface area (Å²) in [5.74, 6) is 0.536. The number of aliphatic hydroxyl groups excluding tert-OH is 3. The van der Waals surface area contributed by atoms with Gasteiger partial charge in [-0.25, -0.2) is 0 Å². The van der Waals surface area contributed by atoms with Crippen molar-refractivity contribution in [3.63, 3.8) is 0 Å². The highest BCUT2D eigenvalue weighted by molar-refractivity contribution is 6.32. The number of benzene rings is 1. The molecule has 6 heteroatoms. The van der Waals surface area contributed by atoms with Crippen molar-refractivity contribution < 1.29 is 25.0 Å². The number of para-hydroxylation sites is 1. The van der Waals surface area contributed by atoms with Gasteiger partial charge in [0.05, 0.1) is 18.2 Å². The van der Waals surface area contributed by atoms with E-state index in [2.05, 4.69) is 0 Å². The van der Waals surface area contributed by atoms with Gasteiger partial charge in [-0.05, 0) is 12.1 Å². The molecule has 0 saturated carbocycles. The Labute approximate surface area is 118 Å². The van der Waals surface area contributed by atoms with Gasteiger partial charge in [-0.15, -0.1) is 0 Å². The van der Waals surface area contributed by atoms with Crippen molar-refractivity contribution >= 4 is 11.6 Å². The van der Waals surface area contributed by atoms with E-state index in [1.807, 2.05) is 6.07 Å². The Morgan fingerprint density at radius 2 is 1.79 bits per heavy atom. The van der Waals surface area contributed by atoms with Crippen LogP contribution in [0.4, 0.5) is 0 Å². The molecule has 0 saturated heterocycles. The van der Waals surface area contributed by atoms with E-state index >= 15 is 0 Å². The maximum absolute atomic E-state index is 9.87. The molecular weight excluding hydrogens is 270 g/mol. The molecule has 1 atom stereocenters. The number of halogens is 1. The Morgan fingerprint density at radius 1 is 1.16 bits per heavy atom. The fourth-order valence-corrected chi connectivity index (χ4v) is 1.98. The fourth-order valence-electron chi connectivity index (χ4n) is 1.79. The predicted octanol–water partition coefficient (Wildman–Crippen LogP) is -1.05. The molecule has 4 N–H and O–H groups in total. The van der Waals surface area contributed by atoms with Crippen LogP contribution in [-0.2, 0) is 0 Å². The van der Waals surface area contributed by atoms with Gasteiger partial charge in [0.15, 0.2) is 0 Å². The Hall–Kier alpha value is -0.850. The van der Waals surface area contributed by atoms with Crippen LogP contribution in [0.3, 0.4) is 0 Å². The zero-order valence-electron chi connectivity index (χ0n) is 10.8. The summed E-state index contributed by atoms with van der Waals surface area (Å²) < 4.78 is 5.44. The second-order valence-corrected chi connectivity index (χ2v) is 4.70. The zero-order valence-corrected chi connectivity index (χ0v) is 11.5. The molecule has 1 aromatic rings. The van der Waals surface area contributed by atoms with Crippen molar-refractivity contribution in [3.05, 3.63) is 29.3 Å². The highest BCUT2D eigenvalue weighted by Crippen LogP contribution is 2.22. The Morgan fingerprint density at radius 3 is 2.37 bits per heavy atom. The average Bonchev–Trinajstić information content (AvgIpc) is 2.38. The number of rotatable bonds is 9. The van der Waals surface area contributed by atoms with Gasteiger partial charge in [-0.3, -0.25) is 0 Å². The van der Waals surface area contributed by atoms with Crippen LogP contribution < -0.4 is 9.64 Å². The van der Waals surface area contributed by atoms with E-state index in [0.29, 0.717) is 30.4 Å². The second-order valence-electron chi connectivity index (χ2n) is 4.30. The van der Waals surface area contributed by atoms with Crippen molar-refractivity contribution in [2.45, 2.75) is 6.10 Å². The molecular formula is C13H21ClNO4+. The third-order valence-corrected chi connectivity index (χ3v) is 3.04. The summed E-state index contributed by atoms with van der Waals surface area (Å²) in [5, 5.41) is 28.2. The van der Waals surface area contributed by atoms with E-state index < -0.39 is 6.10 Å². The topological polar surface area (TPSA) is 74.4 Å². The number of aliphatic hydroxyl groups is 3. The predicted molar refractivity (Wildman–Crippen MR) is 72.7 cm³/mol. The molecule has 0 bridgehead atoms. The van der Waals surface area contributed by atoms with E-state index in [-0.39, 0.29) is 19.8 Å². The van der Waals surface area contributed by atoms with Gasteiger partial charge in [0.25, 0.3) is 0 Å². The van der Waals surface area contributed by atoms with Crippen LogP contribution in [-0.4, -0.2) is 60.9 Å². The number of hydrogen-bond donors (Lipinski definition) is 4. The van der Waals surface area contributed by atoms with Gasteiger partial charge in [-0.2, -0.15) is 0 Å². The van der Waals surface area contributed by atoms with Gasteiger partial charge in [0, 0.05) is 0 Å². The van der Waals surface area contributed by atoms with E-state index in [1.165, 1.54) is 0 Å². The van der Waals surface area contributed by atoms with Crippen molar-refractivity contribution in [3.8, 4) is 5.75 Å². The molecule has 1 rings (SSSR count). The highest BCUT2D eigenvalue weighted by Gasteiger charge is 2.15. The Kier molecular flexibility index (Phi) is 7.78. The number of quaternary nitrogens is 1. The van der Waals surface area contributed by atoms with Crippen LogP contribution in [0.2, 0.25) is 5.02 Å². The lowest BCUT2D eigenvalue weighted by atomic mass is 10.3. The van der Waals surface area contributed by atoms with Crippen molar-refractivity contribution in [1.82, 2.24) is 0 Å². The van der Waals surface area contributed by atoms with Crippen molar-refractivity contribution in [1.29, 1.82) is 0 Å². The largest absolute Gasteiger partial charge is 0.489 e. The second kappa shape index (κ2) is 9.12. The minimum absolute atomic E-state index is 0.0213. The summed E-state index contributed by atoms with van der Waals surface area (Å²) in [4.78, 5) is 0.931. The van der Waals surface area contributed by atoms with E-state index in [4.69, 9.17) is 26.6 Å². The first-order valence-corrected chi connectivity index (χ1v) is 6.65. The molecule has 0 spiro atoms. The monoisotopic (exact) mass is 290 g/mol. The minimum Gasteiger partial charge on any atom is -0.489 e. The molecule has 108 valence electrons. The molecule has 1 aromatic carbocycles. The lowest BCUT2D eigenvalue weighted by molar-refractivity contribution is -0.903. The fraction of sp³-hybridized carbons (Fsp3) is 0.538. The van der Waals surface area contributed by atoms with Crippen LogP contribution in [0, 0.1) is 0 Å². The first-order chi connectivity index (χ1) is 9.17. The summed E-state index contributed by atoms with van der Waals surface area (Å²) in [6, 6.07) is 7.07. The molecule has 0 aliphatic rings. The summed E-state index contributed by atoms with van der Waals surface area (Å²) in [6.07, 6.45) is -0.677. The molecule has 0 radical (unpaired) electrons. The molecule has 0 amide bonds. The number of ether oxygens (including phenoxy) is 1. The molecule has 0 fully saturated rings. The van der Waals surface area contributed by atoms with E-state index in [0.717, 1.165) is 4.90 Å². The Bertz CT molecular complexity index is 358. The molecule has 19 heavy (non-hydrogen) atoms. The van der Waals surface area contributed by atoms with Crippen LogP contribution >= 0.6 is 11.6 Å². The summed E-state index contributed by atoms with van der Waals surface area (Å²) in [7, 11) is 0. The number of nitrogens with one attached hydrogen (secondary N) is 1. The van der Waals surface area contributed by atoms with Crippen molar-refractivity contribution in [2.75, 3.05) is 39.5 Å². The quantitative estimate of drug-likeness (QED) is 0.468. The van der Waals surface area contributed by atoms with Crippen LogP contribution in [0.25, 0.3) is 0 Å². The molecule has 0 aromatic heterocycles. The van der Waals surface area contributed by atoms with E-state index in [1.54, 1.807) is 18.2 Å². The van der Waals surface area contributed by atoms with Crippen molar-refractivity contribution in [2.24, 2.45) is 0 Å². The maximum Gasteiger partial charge on any atom is 0.138 e. The third-order valence-electron chi connectivity index (χ3n) is 2.72. The average molecular weight is 291 g/mol. The Balaban J connectivity index is 2.38. The first-order valence-electron chi connectivity index (χ1n) is 6.28. The smallest absolute Gasteiger partial charge is 0.138 e. The third kappa shape index (κ3) is 6.22. The van der Waals surface area contributed by atoms with Gasteiger partial charge >= 0.3 is 0 Å². The normalized spacial score (nSPS) is 12.7. The standard InChI is InChI=1S/C13H20ClNO4/c14-12-3-1-2-4-13(12)19-10-11(18)9-15(5-7-16)6-8-17/h1-4,11,16-18H,5-10H2/p+1/t11-/m1/s1. The number of hydrogen-bond acceptors (Lipinski definition) is 4. The first kappa shape index (κ1) is 16.2. The van der Waals surface area contributed by atoms with Gasteiger partial charge in [0.1, 0.15) is 38.1 Å². The van der Waals surface area contributed by atoms with Crippen LogP contribution in [0.1, 0.15) is 0 Å². The highest BCUT2D eigenvalue weighted by atomic mass is 35.5. The molecule has 0 heterocycles. The minimum atomic E-state index is -0.677. The molecule has 0 aliphatic carbocycles. The van der Waals surface area contributed by atoms with Crippen LogP contribution in [0.15, 0.2) is 24.3 Å². The van der Waals surface area contributed by atoms with E-state index in [9.17, 15) is 5.11 Å². The van der Waals surface area contributed by atoms with Crippen LogP contribution in [0.5, 0.6) is 5.75 Å². The summed E-state index contributed by atoms with van der Waals surface area (Å²) in [5.41, 5.74) is 0.